The molecule has 4 amide bonds. The number of alkyl halides is 3. The van der Waals surface area contributed by atoms with Gasteiger partial charge in [-0.05, 0) is 32.0 Å². The molecule has 0 saturated carbocycles. The third-order valence-electron chi connectivity index (χ3n) is 4.94. The first-order chi connectivity index (χ1) is 15.4. The van der Waals surface area contributed by atoms with Gasteiger partial charge in [-0.15, -0.1) is 5.10 Å². The van der Waals surface area contributed by atoms with Crippen LogP contribution in [0.5, 0.6) is 0 Å². The quantitative estimate of drug-likeness (QED) is 0.506. The first-order valence-corrected chi connectivity index (χ1v) is 9.38. The fourth-order valence-corrected chi connectivity index (χ4v) is 3.28. The van der Waals surface area contributed by atoms with Crippen molar-refractivity contribution in [3.63, 3.8) is 0 Å². The van der Waals surface area contributed by atoms with Crippen LogP contribution in [0.25, 0.3) is 0 Å². The molecule has 33 heavy (non-hydrogen) atoms. The molecule has 1 N–H and O–H groups in total. The average molecular weight is 465 g/mol. The van der Waals surface area contributed by atoms with Crippen LogP contribution in [0.2, 0.25) is 0 Å². The summed E-state index contributed by atoms with van der Waals surface area (Å²) in [5.74, 6) is -1.26. The highest BCUT2D eigenvalue weighted by molar-refractivity contribution is 6.23. The molecule has 1 aromatic carbocycles. The molecule has 2 aromatic rings. The van der Waals surface area contributed by atoms with Gasteiger partial charge < -0.3 is 4.90 Å². The van der Waals surface area contributed by atoms with Crippen LogP contribution in [0, 0.1) is 11.3 Å². The number of hydrogen-bond acceptors (Lipinski definition) is 7. The van der Waals surface area contributed by atoms with Gasteiger partial charge in [0, 0.05) is 0 Å². The molecule has 14 heteroatoms. The molecule has 11 nitrogen and oxygen atoms in total. The molecule has 0 spiro atoms. The second-order valence-electron chi connectivity index (χ2n) is 7.54. The highest BCUT2D eigenvalue weighted by Gasteiger charge is 2.52. The summed E-state index contributed by atoms with van der Waals surface area (Å²) in [6.07, 6.45) is -3.47. The van der Waals surface area contributed by atoms with E-state index in [9.17, 15) is 27.6 Å². The Balaban J connectivity index is 1.89. The van der Waals surface area contributed by atoms with Crippen LogP contribution in [0.3, 0.4) is 0 Å². The lowest BCUT2D eigenvalue weighted by atomic mass is 10.0. The maximum absolute atomic E-state index is 13.4. The molecule has 3 rings (SSSR count). The van der Waals surface area contributed by atoms with E-state index >= 15 is 0 Å². The van der Waals surface area contributed by atoms with E-state index in [0.29, 0.717) is 11.0 Å². The molecule has 1 fully saturated rings. The Bertz CT molecular complexity index is 1150. The van der Waals surface area contributed by atoms with Crippen molar-refractivity contribution in [2.75, 3.05) is 12.0 Å². The van der Waals surface area contributed by atoms with E-state index in [-0.39, 0.29) is 24.5 Å². The number of hydroxylamine groups is 1. The van der Waals surface area contributed by atoms with Gasteiger partial charge in [-0.1, -0.05) is 5.21 Å². The summed E-state index contributed by atoms with van der Waals surface area (Å²) in [6.45, 7) is 2.48. The number of benzene rings is 1. The number of amides is 4. The number of anilines is 1. The number of hydrogen-bond donors (Lipinski definition) is 1. The monoisotopic (exact) mass is 465 g/mol. The number of nitrogens with zero attached hydrogens (tertiary/aromatic N) is 6. The Morgan fingerprint density at radius 2 is 2.00 bits per heavy atom. The van der Waals surface area contributed by atoms with Gasteiger partial charge in [0.05, 0.1) is 42.7 Å². The Morgan fingerprint density at radius 1 is 1.30 bits per heavy atom. The zero-order chi connectivity index (χ0) is 24.6. The summed E-state index contributed by atoms with van der Waals surface area (Å²) in [5.41, 5.74) is -1.26. The van der Waals surface area contributed by atoms with E-state index in [4.69, 9.17) is 5.26 Å². The molecular formula is C19H18F3N7O4. The van der Waals surface area contributed by atoms with E-state index in [1.807, 2.05) is 0 Å². The van der Waals surface area contributed by atoms with Crippen LogP contribution in [0.4, 0.5) is 23.7 Å². The van der Waals surface area contributed by atoms with Crippen molar-refractivity contribution in [3.05, 3.63) is 41.2 Å². The Morgan fingerprint density at radius 3 is 2.61 bits per heavy atom. The Hall–Kier alpha value is -3.99. The van der Waals surface area contributed by atoms with Crippen LogP contribution >= 0.6 is 0 Å². The summed E-state index contributed by atoms with van der Waals surface area (Å²) >= 11 is 0. The summed E-state index contributed by atoms with van der Waals surface area (Å²) in [7, 11) is 1.26. The Labute approximate surface area is 185 Å². The number of aromatic nitrogens is 3. The van der Waals surface area contributed by atoms with Crippen LogP contribution < -0.4 is 10.4 Å². The molecule has 0 aliphatic carbocycles. The molecule has 174 valence electrons. The third-order valence-corrected chi connectivity index (χ3v) is 4.94. The predicted molar refractivity (Wildman–Crippen MR) is 104 cm³/mol. The van der Waals surface area contributed by atoms with Gasteiger partial charge in [-0.2, -0.15) is 18.4 Å². The van der Waals surface area contributed by atoms with Crippen molar-refractivity contribution >= 4 is 23.5 Å². The topological polar surface area (TPSA) is 133 Å². The first-order valence-electron chi connectivity index (χ1n) is 9.38. The lowest BCUT2D eigenvalue weighted by molar-refractivity contribution is -0.138. The molecular weight excluding hydrogens is 447 g/mol. The second kappa shape index (κ2) is 8.51. The van der Waals surface area contributed by atoms with Crippen molar-refractivity contribution in [2.45, 2.75) is 38.7 Å². The van der Waals surface area contributed by atoms with E-state index in [1.54, 1.807) is 0 Å². The van der Waals surface area contributed by atoms with Crippen molar-refractivity contribution < 1.29 is 32.4 Å². The molecule has 1 saturated heterocycles. The smallest absolute Gasteiger partial charge is 0.304 e. The molecule has 0 bridgehead atoms. The SMILES string of the molecule is CONC(=O)Cn1cc(CN2C(=O)N(c3ccc(C#N)c(C(F)(F)F)c3)C(=O)C2(C)C)nn1. The van der Waals surface area contributed by atoms with E-state index < -0.39 is 40.7 Å². The number of nitrogens with one attached hydrogen (secondary N) is 1. The second-order valence-corrected chi connectivity index (χ2v) is 7.54. The number of rotatable bonds is 6. The van der Waals surface area contributed by atoms with Crippen LogP contribution in [-0.2, 0) is 33.7 Å². The summed E-state index contributed by atoms with van der Waals surface area (Å²) < 4.78 is 41.2. The highest BCUT2D eigenvalue weighted by Crippen LogP contribution is 2.38. The zero-order valence-corrected chi connectivity index (χ0v) is 17.7. The number of nitriles is 1. The molecule has 0 radical (unpaired) electrons. The molecule has 1 aromatic heterocycles. The maximum Gasteiger partial charge on any atom is 0.417 e. The largest absolute Gasteiger partial charge is 0.417 e. The molecule has 2 heterocycles. The van der Waals surface area contributed by atoms with Crippen molar-refractivity contribution in [1.82, 2.24) is 25.4 Å². The van der Waals surface area contributed by atoms with Gasteiger partial charge in [0.15, 0.2) is 0 Å². The van der Waals surface area contributed by atoms with Crippen LogP contribution in [0.15, 0.2) is 24.4 Å². The highest BCUT2D eigenvalue weighted by atomic mass is 19.4. The lowest BCUT2D eigenvalue weighted by Crippen LogP contribution is -2.43. The normalized spacial score (nSPS) is 15.7. The first kappa shape index (κ1) is 23.7. The predicted octanol–water partition coefficient (Wildman–Crippen LogP) is 1.59. The number of halogens is 3. The third kappa shape index (κ3) is 4.48. The summed E-state index contributed by atoms with van der Waals surface area (Å²) in [6, 6.07) is 3.19. The molecule has 1 aliphatic heterocycles. The van der Waals surface area contributed by atoms with Crippen LogP contribution in [0.1, 0.15) is 30.7 Å². The number of urea groups is 1. The standard InChI is InChI=1S/C19H18F3N7O4/c1-18(2)16(31)29(13-5-4-11(7-23)14(6-13)19(20,21)22)17(32)28(18)9-12-8-27(26-24-12)10-15(30)25-33-3/h4-6,8H,9-10H2,1-3H3,(H,25,30). The lowest BCUT2D eigenvalue weighted by Gasteiger charge is -2.26. The van der Waals surface area contributed by atoms with Crippen LogP contribution in [-0.4, -0.2) is 50.4 Å². The minimum Gasteiger partial charge on any atom is -0.304 e. The minimum atomic E-state index is -4.85. The fraction of sp³-hybridized carbons (Fsp3) is 0.368. The average Bonchev–Trinajstić information content (AvgIpc) is 3.23. The maximum atomic E-state index is 13.4. The molecule has 1 aliphatic rings. The fourth-order valence-electron chi connectivity index (χ4n) is 3.28. The van der Waals surface area contributed by atoms with Gasteiger partial charge in [0.25, 0.3) is 11.8 Å². The van der Waals surface area contributed by atoms with E-state index in [1.165, 1.54) is 37.9 Å². The van der Waals surface area contributed by atoms with Gasteiger partial charge in [-0.25, -0.2) is 19.9 Å². The van der Waals surface area contributed by atoms with Gasteiger partial charge in [-0.3, -0.25) is 14.4 Å². The molecule has 0 unspecified atom stereocenters. The zero-order valence-electron chi connectivity index (χ0n) is 17.7. The number of carbonyl (C=O) groups excluding carboxylic acids is 3. The Kier molecular flexibility index (Phi) is 6.10. The van der Waals surface area contributed by atoms with Crippen molar-refractivity contribution in [3.8, 4) is 6.07 Å². The van der Waals surface area contributed by atoms with Gasteiger partial charge in [0.1, 0.15) is 17.8 Å². The van der Waals surface area contributed by atoms with Gasteiger partial charge in [0.2, 0.25) is 0 Å². The van der Waals surface area contributed by atoms with Crippen molar-refractivity contribution in [2.24, 2.45) is 0 Å². The van der Waals surface area contributed by atoms with Gasteiger partial charge >= 0.3 is 12.2 Å². The van der Waals surface area contributed by atoms with E-state index in [2.05, 4.69) is 20.6 Å². The number of carbonyl (C=O) groups is 3. The summed E-state index contributed by atoms with van der Waals surface area (Å²) in [4.78, 5) is 43.9. The molecule has 0 atom stereocenters. The summed E-state index contributed by atoms with van der Waals surface area (Å²) in [5, 5.41) is 16.6. The van der Waals surface area contributed by atoms with Crippen molar-refractivity contribution in [1.29, 1.82) is 5.26 Å². The minimum absolute atomic E-state index is 0.192. The van der Waals surface area contributed by atoms with E-state index in [0.717, 1.165) is 17.0 Å². The number of imide groups is 1.